The van der Waals surface area contributed by atoms with Crippen LogP contribution in [0.2, 0.25) is 0 Å². The van der Waals surface area contributed by atoms with Gasteiger partial charge in [0.1, 0.15) is 0 Å². The van der Waals surface area contributed by atoms with Crippen molar-refractivity contribution in [2.45, 2.75) is 40.6 Å². The van der Waals surface area contributed by atoms with Crippen LogP contribution in [0.3, 0.4) is 0 Å². The molecule has 0 saturated carbocycles. The van der Waals surface area contributed by atoms with Crippen LogP contribution in [0, 0.1) is 0 Å². The average molecular weight is 419 g/mol. The minimum absolute atomic E-state index is 0.0146. The Kier molecular flexibility index (Phi) is 9.81. The van der Waals surface area contributed by atoms with Crippen LogP contribution < -0.4 is 5.32 Å². The quantitative estimate of drug-likeness (QED) is 0.332. The van der Waals surface area contributed by atoms with Crippen molar-refractivity contribution in [3.05, 3.63) is 91.0 Å². The van der Waals surface area contributed by atoms with E-state index in [2.05, 4.69) is 96.3 Å². The van der Waals surface area contributed by atoms with Crippen molar-refractivity contribution < 1.29 is 13.2 Å². The predicted molar refractivity (Wildman–Crippen MR) is 115 cm³/mol. The Morgan fingerprint density at radius 1 is 0.690 bits per heavy atom. The van der Waals surface area contributed by atoms with Gasteiger partial charge in [0, 0.05) is 0 Å². The molecule has 3 rings (SSSR count). The molecule has 0 unspecified atom stereocenters. The Hall–Kier alpha value is -2.24. The van der Waals surface area contributed by atoms with Crippen molar-refractivity contribution in [2.75, 3.05) is 13.1 Å². The highest BCUT2D eigenvalue weighted by molar-refractivity contribution is 7.97. The van der Waals surface area contributed by atoms with E-state index in [1.165, 1.54) is 14.7 Å². The molecule has 0 fully saturated rings. The van der Waals surface area contributed by atoms with E-state index in [1.54, 1.807) is 0 Å². The Labute approximate surface area is 174 Å². The number of nitrogens with one attached hydrogen (secondary N) is 1. The summed E-state index contributed by atoms with van der Waals surface area (Å²) in [5.41, 5.74) is 0. The number of alkyl halides is 3. The third kappa shape index (κ3) is 8.75. The summed E-state index contributed by atoms with van der Waals surface area (Å²) in [6.07, 6.45) is -2.34. The first-order valence-corrected chi connectivity index (χ1v) is 10.9. The highest BCUT2D eigenvalue weighted by atomic mass is 32.2. The van der Waals surface area contributed by atoms with Gasteiger partial charge in [0.25, 0.3) is 0 Å². The van der Waals surface area contributed by atoms with Gasteiger partial charge in [-0.05, 0) is 49.4 Å². The maximum absolute atomic E-state index is 11.4. The molecule has 5 heteroatoms. The van der Waals surface area contributed by atoms with Crippen molar-refractivity contribution in [1.82, 2.24) is 5.32 Å². The van der Waals surface area contributed by atoms with E-state index in [0.717, 1.165) is 12.8 Å². The highest BCUT2D eigenvalue weighted by Gasteiger charge is 2.27. The normalized spacial score (nSPS) is 11.1. The molecule has 0 bridgehead atoms. The molecule has 0 saturated heterocycles. The zero-order valence-electron chi connectivity index (χ0n) is 16.5. The molecule has 154 valence electrons. The van der Waals surface area contributed by atoms with E-state index in [4.69, 9.17) is 0 Å². The van der Waals surface area contributed by atoms with Crippen molar-refractivity contribution in [3.8, 4) is 0 Å². The molecule has 0 aliphatic carbocycles. The lowest BCUT2D eigenvalue weighted by Crippen LogP contribution is -2.29. The van der Waals surface area contributed by atoms with Crippen LogP contribution in [0.1, 0.15) is 19.8 Å². The van der Waals surface area contributed by atoms with Gasteiger partial charge >= 0.3 is 6.18 Å². The largest absolute Gasteiger partial charge is 0.401 e. The van der Waals surface area contributed by atoms with Crippen molar-refractivity contribution in [2.24, 2.45) is 0 Å². The molecule has 0 aromatic heterocycles. The molecule has 0 atom stereocenters. The highest BCUT2D eigenvalue weighted by Crippen LogP contribution is 2.30. The molecule has 0 aliphatic heterocycles. The lowest BCUT2D eigenvalue weighted by molar-refractivity contribution is -0.124. The fraction of sp³-hybridized carbons (Fsp3) is 0.250. The topological polar surface area (TPSA) is 12.0 Å². The summed E-state index contributed by atoms with van der Waals surface area (Å²) in [5.74, 6) is 0. The van der Waals surface area contributed by atoms with Crippen LogP contribution in [0.5, 0.6) is 0 Å². The molecule has 1 nitrogen and oxygen atoms in total. The van der Waals surface area contributed by atoms with Crippen LogP contribution in [0.25, 0.3) is 0 Å². The Morgan fingerprint density at radius 2 is 1.07 bits per heavy atom. The van der Waals surface area contributed by atoms with E-state index in [9.17, 15) is 13.2 Å². The standard InChI is InChI=1S/C18H15S.C6H12F3N/c1-4-10-16(11-5-1)19(17-12-6-2-7-13-17)18-14-8-3-9-15-18;1-2-3-4-10-5-6(7,8)9/h1-15H;10H,2-5H2,1H3/q+1;. The van der Waals surface area contributed by atoms with Gasteiger partial charge in [-0.3, -0.25) is 0 Å². The second-order valence-electron chi connectivity index (χ2n) is 6.39. The summed E-state index contributed by atoms with van der Waals surface area (Å²) >= 11 is 0. The molecular formula is C24H27F3NS+. The number of benzene rings is 3. The summed E-state index contributed by atoms with van der Waals surface area (Å²) in [6, 6.07) is 32.2. The third-order valence-corrected chi connectivity index (χ3v) is 6.20. The molecule has 0 spiro atoms. The molecule has 29 heavy (non-hydrogen) atoms. The van der Waals surface area contributed by atoms with E-state index >= 15 is 0 Å². The first-order chi connectivity index (χ1) is 14.0. The monoisotopic (exact) mass is 418 g/mol. The number of unbranched alkanes of at least 4 members (excludes halogenated alkanes) is 1. The van der Waals surface area contributed by atoms with E-state index in [1.807, 2.05) is 6.92 Å². The number of rotatable bonds is 7. The minimum atomic E-state index is -4.06. The Morgan fingerprint density at radius 3 is 1.38 bits per heavy atom. The molecule has 0 radical (unpaired) electrons. The summed E-state index contributed by atoms with van der Waals surface area (Å²) in [6.45, 7) is 1.53. The second-order valence-corrected chi connectivity index (χ2v) is 8.42. The maximum Gasteiger partial charge on any atom is 0.401 e. The zero-order valence-corrected chi connectivity index (χ0v) is 17.3. The van der Waals surface area contributed by atoms with Crippen LogP contribution in [-0.4, -0.2) is 19.3 Å². The van der Waals surface area contributed by atoms with Crippen LogP contribution >= 0.6 is 0 Å². The van der Waals surface area contributed by atoms with E-state index < -0.39 is 12.7 Å². The lowest BCUT2D eigenvalue weighted by atomic mass is 10.3. The second kappa shape index (κ2) is 12.3. The molecular weight excluding hydrogens is 391 g/mol. The van der Waals surface area contributed by atoms with Crippen molar-refractivity contribution in [1.29, 1.82) is 0 Å². The van der Waals surface area contributed by atoms with Gasteiger partial charge < -0.3 is 5.32 Å². The van der Waals surface area contributed by atoms with Crippen molar-refractivity contribution >= 4 is 10.9 Å². The molecule has 0 amide bonds. The van der Waals surface area contributed by atoms with Crippen LogP contribution in [0.4, 0.5) is 13.2 Å². The van der Waals surface area contributed by atoms with Crippen LogP contribution in [0.15, 0.2) is 106 Å². The number of hydrogen-bond acceptors (Lipinski definition) is 1. The fourth-order valence-electron chi connectivity index (χ4n) is 2.61. The van der Waals surface area contributed by atoms with Gasteiger partial charge in [-0.1, -0.05) is 67.9 Å². The minimum Gasteiger partial charge on any atom is -0.309 e. The summed E-state index contributed by atoms with van der Waals surface area (Å²) in [7, 11) is -0.0146. The SMILES string of the molecule is CCCCNCC(F)(F)F.c1ccc([S+](c2ccccc2)c2ccccc2)cc1. The third-order valence-electron chi connectivity index (χ3n) is 3.97. The number of hydrogen-bond donors (Lipinski definition) is 1. The predicted octanol–water partition coefficient (Wildman–Crippen LogP) is 6.72. The van der Waals surface area contributed by atoms with Gasteiger partial charge in [-0.25, -0.2) is 0 Å². The lowest BCUT2D eigenvalue weighted by Gasteiger charge is -2.07. The fourth-order valence-corrected chi connectivity index (χ4v) is 4.71. The maximum atomic E-state index is 11.4. The summed E-state index contributed by atoms with van der Waals surface area (Å²) in [4.78, 5) is 4.08. The summed E-state index contributed by atoms with van der Waals surface area (Å²) in [5, 5.41) is 2.30. The van der Waals surface area contributed by atoms with Gasteiger partial charge in [-0.15, -0.1) is 0 Å². The Balaban J connectivity index is 0.000000257. The molecule has 1 N–H and O–H groups in total. The van der Waals surface area contributed by atoms with Gasteiger partial charge in [0.05, 0.1) is 17.4 Å². The Bertz CT molecular complexity index is 699. The molecule has 0 heterocycles. The van der Waals surface area contributed by atoms with Gasteiger partial charge in [0.15, 0.2) is 14.7 Å². The van der Waals surface area contributed by atoms with Gasteiger partial charge in [0.2, 0.25) is 0 Å². The van der Waals surface area contributed by atoms with E-state index in [0.29, 0.717) is 6.54 Å². The molecule has 0 aliphatic rings. The molecule has 3 aromatic carbocycles. The smallest absolute Gasteiger partial charge is 0.309 e. The number of halogens is 3. The zero-order chi connectivity index (χ0) is 21.0. The van der Waals surface area contributed by atoms with Crippen molar-refractivity contribution in [3.63, 3.8) is 0 Å². The first kappa shape index (κ1) is 23.0. The van der Waals surface area contributed by atoms with Gasteiger partial charge in [-0.2, -0.15) is 13.2 Å². The van der Waals surface area contributed by atoms with E-state index in [-0.39, 0.29) is 10.9 Å². The first-order valence-electron chi connectivity index (χ1n) is 9.68. The molecule has 3 aromatic rings. The summed E-state index contributed by atoms with van der Waals surface area (Å²) < 4.78 is 34.3. The van der Waals surface area contributed by atoms with Crippen LogP contribution in [-0.2, 0) is 10.9 Å². The average Bonchev–Trinajstić information content (AvgIpc) is 2.74.